The monoisotopic (exact) mass is 133 g/mol. The first-order valence-corrected chi connectivity index (χ1v) is 2.83. The molecule has 1 aromatic heterocycles. The molecule has 0 unspecified atom stereocenters. The molecule has 1 heterocycles. The molecule has 0 bridgehead atoms. The molecule has 1 aromatic rings. The van der Waals surface area contributed by atoms with E-state index in [0.29, 0.717) is 5.57 Å². The molecule has 0 aliphatic rings. The SMILES string of the molecule is C=C(C#N)c1ccnn1C. The Kier molecular flexibility index (Phi) is 1.55. The van der Waals surface area contributed by atoms with E-state index in [-0.39, 0.29) is 0 Å². The second-order valence-electron chi connectivity index (χ2n) is 1.93. The Labute approximate surface area is 59.2 Å². The maximum absolute atomic E-state index is 8.44. The first-order valence-electron chi connectivity index (χ1n) is 2.83. The highest BCUT2D eigenvalue weighted by atomic mass is 15.3. The summed E-state index contributed by atoms with van der Waals surface area (Å²) in [4.78, 5) is 0. The lowest BCUT2D eigenvalue weighted by Gasteiger charge is -1.94. The Morgan fingerprint density at radius 3 is 3.00 bits per heavy atom. The third-order valence-corrected chi connectivity index (χ3v) is 1.27. The third-order valence-electron chi connectivity index (χ3n) is 1.27. The van der Waals surface area contributed by atoms with Crippen molar-refractivity contribution in [3.63, 3.8) is 0 Å². The number of nitriles is 1. The van der Waals surface area contributed by atoms with Crippen LogP contribution in [0.25, 0.3) is 5.57 Å². The van der Waals surface area contributed by atoms with Gasteiger partial charge in [-0.15, -0.1) is 0 Å². The average molecular weight is 133 g/mol. The summed E-state index contributed by atoms with van der Waals surface area (Å²) in [7, 11) is 1.78. The Bertz CT molecular complexity index is 290. The normalized spacial score (nSPS) is 8.80. The van der Waals surface area contributed by atoms with Crippen molar-refractivity contribution >= 4 is 5.57 Å². The van der Waals surface area contributed by atoms with Gasteiger partial charge in [0.2, 0.25) is 0 Å². The Morgan fingerprint density at radius 1 is 1.90 bits per heavy atom. The third kappa shape index (κ3) is 0.914. The molecule has 0 aromatic carbocycles. The minimum atomic E-state index is 0.444. The van der Waals surface area contributed by atoms with Crippen LogP contribution in [0.15, 0.2) is 18.8 Å². The van der Waals surface area contributed by atoms with E-state index in [4.69, 9.17) is 5.26 Å². The molecule has 0 N–H and O–H groups in total. The van der Waals surface area contributed by atoms with Crippen molar-refractivity contribution in [2.45, 2.75) is 0 Å². The summed E-state index contributed by atoms with van der Waals surface area (Å²) in [6.07, 6.45) is 1.64. The highest BCUT2D eigenvalue weighted by Crippen LogP contribution is 2.07. The highest BCUT2D eigenvalue weighted by Gasteiger charge is 1.99. The van der Waals surface area contributed by atoms with Crippen molar-refractivity contribution in [2.75, 3.05) is 0 Å². The lowest BCUT2D eigenvalue weighted by atomic mass is 10.2. The molecule has 3 nitrogen and oxygen atoms in total. The van der Waals surface area contributed by atoms with Gasteiger partial charge < -0.3 is 0 Å². The second-order valence-corrected chi connectivity index (χ2v) is 1.93. The summed E-state index contributed by atoms with van der Waals surface area (Å²) in [5, 5.41) is 12.3. The molecule has 0 atom stereocenters. The number of allylic oxidation sites excluding steroid dienone is 1. The predicted octanol–water partition coefficient (Wildman–Crippen LogP) is 0.957. The molecule has 0 saturated heterocycles. The van der Waals surface area contributed by atoms with Crippen molar-refractivity contribution in [1.82, 2.24) is 9.78 Å². The molecule has 1 rings (SSSR count). The van der Waals surface area contributed by atoms with Crippen LogP contribution in [0.2, 0.25) is 0 Å². The van der Waals surface area contributed by atoms with Crippen LogP contribution in [0.3, 0.4) is 0 Å². The van der Waals surface area contributed by atoms with Crippen LogP contribution >= 0.6 is 0 Å². The van der Waals surface area contributed by atoms with E-state index in [1.54, 1.807) is 24.0 Å². The molecule has 10 heavy (non-hydrogen) atoms. The second kappa shape index (κ2) is 2.36. The van der Waals surface area contributed by atoms with E-state index in [1.807, 2.05) is 6.07 Å². The predicted molar refractivity (Wildman–Crippen MR) is 37.9 cm³/mol. The standard InChI is InChI=1S/C7H7N3/c1-6(5-8)7-3-4-9-10(7)2/h3-4H,1H2,2H3. The van der Waals surface area contributed by atoms with E-state index in [1.165, 1.54) is 0 Å². The van der Waals surface area contributed by atoms with Crippen LogP contribution in [0, 0.1) is 11.3 Å². The molecule has 0 radical (unpaired) electrons. The van der Waals surface area contributed by atoms with Gasteiger partial charge in [-0.3, -0.25) is 4.68 Å². The van der Waals surface area contributed by atoms with Crippen LogP contribution in [-0.4, -0.2) is 9.78 Å². The quantitative estimate of drug-likeness (QED) is 0.535. The summed E-state index contributed by atoms with van der Waals surface area (Å²) < 4.78 is 1.62. The van der Waals surface area contributed by atoms with Crippen molar-refractivity contribution in [2.24, 2.45) is 7.05 Å². The van der Waals surface area contributed by atoms with Crippen LogP contribution < -0.4 is 0 Å². The number of rotatable bonds is 1. The van der Waals surface area contributed by atoms with E-state index < -0.39 is 0 Å². The molecule has 0 amide bonds. The van der Waals surface area contributed by atoms with Crippen molar-refractivity contribution in [3.8, 4) is 6.07 Å². The number of aromatic nitrogens is 2. The molecule has 0 fully saturated rings. The van der Waals surface area contributed by atoms with E-state index in [2.05, 4.69) is 11.7 Å². The fraction of sp³-hybridized carbons (Fsp3) is 0.143. The fourth-order valence-corrected chi connectivity index (χ4v) is 0.727. The van der Waals surface area contributed by atoms with Crippen molar-refractivity contribution in [1.29, 1.82) is 5.26 Å². The first-order chi connectivity index (χ1) is 4.75. The fourth-order valence-electron chi connectivity index (χ4n) is 0.727. The van der Waals surface area contributed by atoms with Crippen LogP contribution in [-0.2, 0) is 7.05 Å². The topological polar surface area (TPSA) is 41.6 Å². The zero-order chi connectivity index (χ0) is 7.56. The highest BCUT2D eigenvalue weighted by molar-refractivity contribution is 5.72. The van der Waals surface area contributed by atoms with Gasteiger partial charge in [0.25, 0.3) is 0 Å². The smallest absolute Gasteiger partial charge is 0.101 e. The molecular formula is C7H7N3. The summed E-state index contributed by atoms with van der Waals surface area (Å²) in [6, 6.07) is 3.71. The van der Waals surface area contributed by atoms with Crippen LogP contribution in [0.5, 0.6) is 0 Å². The lowest BCUT2D eigenvalue weighted by molar-refractivity contribution is 0.757. The van der Waals surface area contributed by atoms with Gasteiger partial charge in [0.05, 0.1) is 11.3 Å². The van der Waals surface area contributed by atoms with Crippen molar-refractivity contribution < 1.29 is 0 Å². The van der Waals surface area contributed by atoms with Gasteiger partial charge in [-0.1, -0.05) is 6.58 Å². The zero-order valence-electron chi connectivity index (χ0n) is 5.70. The molecule has 3 heteroatoms. The van der Waals surface area contributed by atoms with E-state index in [9.17, 15) is 0 Å². The zero-order valence-corrected chi connectivity index (χ0v) is 5.70. The van der Waals surface area contributed by atoms with Gasteiger partial charge in [-0.25, -0.2) is 0 Å². The Balaban J connectivity index is 3.08. The molecular weight excluding hydrogens is 126 g/mol. The maximum atomic E-state index is 8.44. The Morgan fingerprint density at radius 2 is 2.60 bits per heavy atom. The molecule has 0 aliphatic heterocycles. The maximum Gasteiger partial charge on any atom is 0.101 e. The van der Waals surface area contributed by atoms with E-state index in [0.717, 1.165) is 5.69 Å². The number of hydrogen-bond acceptors (Lipinski definition) is 2. The number of hydrogen-bond donors (Lipinski definition) is 0. The van der Waals surface area contributed by atoms with Crippen LogP contribution in [0.4, 0.5) is 0 Å². The molecule has 0 saturated carbocycles. The van der Waals surface area contributed by atoms with Gasteiger partial charge in [0.1, 0.15) is 6.07 Å². The minimum absolute atomic E-state index is 0.444. The van der Waals surface area contributed by atoms with Gasteiger partial charge >= 0.3 is 0 Å². The molecule has 0 aliphatic carbocycles. The van der Waals surface area contributed by atoms with Gasteiger partial charge in [0.15, 0.2) is 0 Å². The minimum Gasteiger partial charge on any atom is -0.267 e. The molecule has 0 spiro atoms. The van der Waals surface area contributed by atoms with Gasteiger partial charge in [-0.2, -0.15) is 10.4 Å². The van der Waals surface area contributed by atoms with Crippen LogP contribution in [0.1, 0.15) is 5.69 Å². The number of nitrogens with zero attached hydrogens (tertiary/aromatic N) is 3. The van der Waals surface area contributed by atoms with E-state index >= 15 is 0 Å². The summed E-state index contributed by atoms with van der Waals surface area (Å²) in [5.74, 6) is 0. The Hall–Kier alpha value is -1.56. The lowest BCUT2D eigenvalue weighted by Crippen LogP contribution is -1.94. The first kappa shape index (κ1) is 6.56. The number of aryl methyl sites for hydroxylation is 1. The van der Waals surface area contributed by atoms with Gasteiger partial charge in [-0.05, 0) is 6.07 Å². The average Bonchev–Trinajstić information content (AvgIpc) is 2.34. The summed E-state index contributed by atoms with van der Waals surface area (Å²) >= 11 is 0. The summed E-state index contributed by atoms with van der Waals surface area (Å²) in [5.41, 5.74) is 1.21. The van der Waals surface area contributed by atoms with Gasteiger partial charge in [0, 0.05) is 13.2 Å². The summed E-state index contributed by atoms with van der Waals surface area (Å²) in [6.45, 7) is 3.55. The largest absolute Gasteiger partial charge is 0.267 e. The van der Waals surface area contributed by atoms with Crippen molar-refractivity contribution in [3.05, 3.63) is 24.5 Å². The molecule has 50 valence electrons.